The van der Waals surface area contributed by atoms with Crippen LogP contribution in [-0.4, -0.2) is 36.5 Å². The third-order valence-corrected chi connectivity index (χ3v) is 6.15. The van der Waals surface area contributed by atoms with Gasteiger partial charge in [-0.3, -0.25) is 19.2 Å². The van der Waals surface area contributed by atoms with Gasteiger partial charge < -0.3 is 15.1 Å². The van der Waals surface area contributed by atoms with Crippen molar-refractivity contribution in [3.05, 3.63) is 120 Å². The summed E-state index contributed by atoms with van der Waals surface area (Å²) in [6.07, 6.45) is 1.71. The minimum Gasteiger partial charge on any atom is -0.451 e. The molecule has 0 saturated carbocycles. The molecule has 0 saturated heterocycles. The van der Waals surface area contributed by atoms with Gasteiger partial charge in [-0.25, -0.2) is 5.06 Å². The number of aryl methyl sites for hydroxylation is 1. The Balaban J connectivity index is 1.32. The lowest BCUT2D eigenvalue weighted by Crippen LogP contribution is -2.43. The van der Waals surface area contributed by atoms with Crippen molar-refractivity contribution in [1.29, 1.82) is 0 Å². The number of amides is 3. The minimum absolute atomic E-state index is 0.0710. The van der Waals surface area contributed by atoms with Gasteiger partial charge in [0, 0.05) is 5.56 Å². The Hall–Kier alpha value is -4.69. The monoisotopic (exact) mass is 525 g/mol. The average Bonchev–Trinajstić information content (AvgIpc) is 3.49. The van der Waals surface area contributed by atoms with Crippen LogP contribution in [0.15, 0.2) is 108 Å². The lowest BCUT2D eigenvalue weighted by molar-refractivity contribution is -0.182. The molecule has 8 nitrogen and oxygen atoms in total. The molecule has 1 atom stereocenters. The number of benzene rings is 3. The van der Waals surface area contributed by atoms with Crippen molar-refractivity contribution in [2.24, 2.45) is 5.92 Å². The van der Waals surface area contributed by atoms with Gasteiger partial charge in [0.25, 0.3) is 5.91 Å². The van der Waals surface area contributed by atoms with Crippen molar-refractivity contribution in [3.63, 3.8) is 0 Å². The van der Waals surface area contributed by atoms with Crippen molar-refractivity contribution in [1.82, 2.24) is 15.7 Å². The minimum atomic E-state index is -0.559. The SMILES string of the molecule is O=CN(CC(CCc1ccccc1)C(=O)NCNC(=O)c1ccc(-c2ccccc2)o1)OCc1ccccc1. The van der Waals surface area contributed by atoms with E-state index in [4.69, 9.17) is 9.25 Å². The van der Waals surface area contributed by atoms with E-state index in [1.54, 1.807) is 12.1 Å². The van der Waals surface area contributed by atoms with Gasteiger partial charge in [0.05, 0.1) is 19.1 Å². The maximum atomic E-state index is 13.1. The molecule has 8 heteroatoms. The fraction of sp³-hybridized carbons (Fsp3) is 0.194. The van der Waals surface area contributed by atoms with Gasteiger partial charge in [-0.05, 0) is 36.1 Å². The number of hydrogen-bond acceptors (Lipinski definition) is 5. The Morgan fingerprint density at radius 2 is 1.46 bits per heavy atom. The van der Waals surface area contributed by atoms with Crippen molar-refractivity contribution in [2.45, 2.75) is 19.4 Å². The smallest absolute Gasteiger partial charge is 0.288 e. The van der Waals surface area contributed by atoms with Gasteiger partial charge in [-0.2, -0.15) is 0 Å². The molecular formula is C31H31N3O5. The lowest BCUT2D eigenvalue weighted by atomic mass is 9.98. The lowest BCUT2D eigenvalue weighted by Gasteiger charge is -2.23. The topological polar surface area (TPSA) is 101 Å². The van der Waals surface area contributed by atoms with E-state index in [2.05, 4.69) is 10.6 Å². The predicted octanol–water partition coefficient (Wildman–Crippen LogP) is 4.59. The molecule has 0 spiro atoms. The quantitative estimate of drug-likeness (QED) is 0.143. The Labute approximate surface area is 227 Å². The third kappa shape index (κ3) is 8.41. The van der Waals surface area contributed by atoms with E-state index in [9.17, 15) is 14.4 Å². The second kappa shape index (κ2) is 14.3. The van der Waals surface area contributed by atoms with Crippen molar-refractivity contribution in [3.8, 4) is 11.3 Å². The van der Waals surface area contributed by atoms with E-state index in [1.807, 2.05) is 91.0 Å². The number of hydroxylamine groups is 2. The molecule has 0 fully saturated rings. The number of carbonyl (C=O) groups is 3. The second-order valence-electron chi connectivity index (χ2n) is 8.94. The number of nitrogens with zero attached hydrogens (tertiary/aromatic N) is 1. The normalized spacial score (nSPS) is 11.4. The highest BCUT2D eigenvalue weighted by Gasteiger charge is 2.22. The van der Waals surface area contributed by atoms with Crippen LogP contribution in [-0.2, 0) is 27.5 Å². The van der Waals surface area contributed by atoms with Crippen LogP contribution in [0.3, 0.4) is 0 Å². The van der Waals surface area contributed by atoms with Crippen LogP contribution in [0.25, 0.3) is 11.3 Å². The molecule has 2 N–H and O–H groups in total. The molecule has 1 unspecified atom stereocenters. The van der Waals surface area contributed by atoms with E-state index in [0.29, 0.717) is 25.0 Å². The number of hydrogen-bond donors (Lipinski definition) is 2. The van der Waals surface area contributed by atoms with E-state index in [1.165, 1.54) is 0 Å². The molecule has 200 valence electrons. The molecular weight excluding hydrogens is 494 g/mol. The molecule has 0 aliphatic rings. The van der Waals surface area contributed by atoms with Crippen molar-refractivity contribution in [2.75, 3.05) is 13.2 Å². The van der Waals surface area contributed by atoms with Gasteiger partial charge in [0.2, 0.25) is 12.3 Å². The number of rotatable bonds is 14. The second-order valence-corrected chi connectivity index (χ2v) is 8.94. The summed E-state index contributed by atoms with van der Waals surface area (Å²) < 4.78 is 5.67. The summed E-state index contributed by atoms with van der Waals surface area (Å²) in [5.41, 5.74) is 2.85. The zero-order chi connectivity index (χ0) is 27.3. The Kier molecular flexibility index (Phi) is 10.0. The number of nitrogens with one attached hydrogen (secondary N) is 2. The largest absolute Gasteiger partial charge is 0.451 e. The molecule has 1 heterocycles. The molecule has 1 aromatic heterocycles. The predicted molar refractivity (Wildman–Crippen MR) is 147 cm³/mol. The van der Waals surface area contributed by atoms with Crippen LogP contribution in [0.1, 0.15) is 28.1 Å². The molecule has 0 bridgehead atoms. The zero-order valence-corrected chi connectivity index (χ0v) is 21.5. The molecule has 0 radical (unpaired) electrons. The zero-order valence-electron chi connectivity index (χ0n) is 21.5. The first-order valence-corrected chi connectivity index (χ1v) is 12.8. The van der Waals surface area contributed by atoms with Gasteiger partial charge in [0.1, 0.15) is 12.4 Å². The summed E-state index contributed by atoms with van der Waals surface area (Å²) in [7, 11) is 0. The highest BCUT2D eigenvalue weighted by molar-refractivity contribution is 5.92. The molecule has 0 aliphatic heterocycles. The van der Waals surface area contributed by atoms with E-state index < -0.39 is 11.8 Å². The average molecular weight is 526 g/mol. The Bertz CT molecular complexity index is 1330. The summed E-state index contributed by atoms with van der Waals surface area (Å²) in [5, 5.41) is 6.56. The molecule has 39 heavy (non-hydrogen) atoms. The standard InChI is InChI=1S/C31H31N3O5/c35-23-34(38-21-25-12-6-2-7-13-25)20-27(17-16-24-10-4-1-5-11-24)30(36)32-22-33-31(37)29-19-18-28(39-29)26-14-8-3-9-15-26/h1-15,18-19,23,27H,16-17,20-22H2,(H,32,36)(H,33,37). The van der Waals surface area contributed by atoms with E-state index in [-0.39, 0.29) is 31.5 Å². The first kappa shape index (κ1) is 27.3. The van der Waals surface area contributed by atoms with Gasteiger partial charge in [0.15, 0.2) is 5.76 Å². The van der Waals surface area contributed by atoms with Crippen LogP contribution in [0.4, 0.5) is 0 Å². The summed E-state index contributed by atoms with van der Waals surface area (Å²) in [6, 6.07) is 32.1. The van der Waals surface area contributed by atoms with Gasteiger partial charge in [-0.15, -0.1) is 0 Å². The van der Waals surface area contributed by atoms with Crippen LogP contribution in [0, 0.1) is 5.92 Å². The summed E-state index contributed by atoms with van der Waals surface area (Å²) in [4.78, 5) is 43.1. The van der Waals surface area contributed by atoms with Crippen molar-refractivity contribution < 1.29 is 23.6 Å². The van der Waals surface area contributed by atoms with Crippen molar-refractivity contribution >= 4 is 18.2 Å². The molecule has 3 amide bonds. The first-order valence-electron chi connectivity index (χ1n) is 12.8. The highest BCUT2D eigenvalue weighted by atomic mass is 16.7. The number of furan rings is 1. The Morgan fingerprint density at radius 3 is 2.13 bits per heavy atom. The summed E-state index contributed by atoms with van der Waals surface area (Å²) in [6.45, 7) is 0.186. The molecule has 4 aromatic rings. The first-order chi connectivity index (χ1) is 19.1. The maximum absolute atomic E-state index is 13.1. The fourth-order valence-corrected chi connectivity index (χ4v) is 4.03. The summed E-state index contributed by atoms with van der Waals surface area (Å²) >= 11 is 0. The van der Waals surface area contributed by atoms with E-state index in [0.717, 1.165) is 21.8 Å². The van der Waals surface area contributed by atoms with Gasteiger partial charge in [-0.1, -0.05) is 91.0 Å². The van der Waals surface area contributed by atoms with Crippen LogP contribution in [0.5, 0.6) is 0 Å². The summed E-state index contributed by atoms with van der Waals surface area (Å²) in [5.74, 6) is -0.582. The van der Waals surface area contributed by atoms with Gasteiger partial charge >= 0.3 is 0 Å². The molecule has 0 aliphatic carbocycles. The van der Waals surface area contributed by atoms with Crippen LogP contribution < -0.4 is 10.6 Å². The Morgan fingerprint density at radius 1 is 0.821 bits per heavy atom. The molecule has 4 rings (SSSR count). The highest BCUT2D eigenvalue weighted by Crippen LogP contribution is 2.21. The van der Waals surface area contributed by atoms with Crippen LogP contribution in [0.2, 0.25) is 0 Å². The maximum Gasteiger partial charge on any atom is 0.288 e. The van der Waals surface area contributed by atoms with Crippen LogP contribution >= 0.6 is 0 Å². The molecule has 3 aromatic carbocycles. The fourth-order valence-electron chi connectivity index (χ4n) is 4.03. The number of carbonyl (C=O) groups excluding carboxylic acids is 3. The third-order valence-electron chi connectivity index (χ3n) is 6.15. The van der Waals surface area contributed by atoms with E-state index >= 15 is 0 Å².